The van der Waals surface area contributed by atoms with Crippen molar-refractivity contribution in [2.24, 2.45) is 0 Å². The van der Waals surface area contributed by atoms with Crippen LogP contribution in [0.25, 0.3) is 0 Å². The van der Waals surface area contributed by atoms with Crippen LogP contribution in [-0.2, 0) is 21.5 Å². The molecular formula is C27H27N3O5. The Morgan fingerprint density at radius 1 is 0.914 bits per heavy atom. The second-order valence-electron chi connectivity index (χ2n) is 8.13. The van der Waals surface area contributed by atoms with Gasteiger partial charge in [-0.3, -0.25) is 14.5 Å². The summed E-state index contributed by atoms with van der Waals surface area (Å²) in [5.41, 5.74) is 1.26. The van der Waals surface area contributed by atoms with Crippen LogP contribution < -0.4 is 20.1 Å². The van der Waals surface area contributed by atoms with Gasteiger partial charge < -0.3 is 20.1 Å². The van der Waals surface area contributed by atoms with Gasteiger partial charge in [0.05, 0.1) is 14.2 Å². The van der Waals surface area contributed by atoms with Crippen molar-refractivity contribution in [3.63, 3.8) is 0 Å². The monoisotopic (exact) mass is 473 g/mol. The standard InChI is InChI=1S/C27H27N3O5/c1-4-18-6-5-7-21(16-18)28-24(31)17-30-25(32)27(29-26(30)33,19-8-12-22(34-2)13-9-19)20-10-14-23(35-3)15-11-20/h5-16H,4,17H2,1-3H3,(H,28,31)(H,29,33). The minimum absolute atomic E-state index is 0.422. The Morgan fingerprint density at radius 2 is 1.49 bits per heavy atom. The summed E-state index contributed by atoms with van der Waals surface area (Å²) in [5, 5.41) is 5.61. The van der Waals surface area contributed by atoms with Gasteiger partial charge in [0.25, 0.3) is 5.91 Å². The lowest BCUT2D eigenvalue weighted by molar-refractivity contribution is -0.133. The van der Waals surface area contributed by atoms with Crippen LogP contribution in [0.5, 0.6) is 11.5 Å². The number of benzene rings is 3. The molecule has 1 fully saturated rings. The fourth-order valence-electron chi connectivity index (χ4n) is 4.17. The third kappa shape index (κ3) is 4.55. The Labute approximate surface area is 203 Å². The number of imide groups is 1. The Balaban J connectivity index is 1.66. The van der Waals surface area contributed by atoms with Gasteiger partial charge in [0.15, 0.2) is 5.54 Å². The average molecular weight is 474 g/mol. The van der Waals surface area contributed by atoms with Gasteiger partial charge in [0, 0.05) is 5.69 Å². The fraction of sp³-hybridized carbons (Fsp3) is 0.222. The number of aryl methyl sites for hydroxylation is 1. The number of anilines is 1. The number of nitrogens with one attached hydrogen (secondary N) is 2. The van der Waals surface area contributed by atoms with E-state index in [0.717, 1.165) is 16.9 Å². The number of nitrogens with zero attached hydrogens (tertiary/aromatic N) is 1. The summed E-state index contributed by atoms with van der Waals surface area (Å²) in [6.45, 7) is 1.60. The van der Waals surface area contributed by atoms with E-state index in [-0.39, 0.29) is 0 Å². The van der Waals surface area contributed by atoms with Gasteiger partial charge in [0.2, 0.25) is 5.91 Å². The van der Waals surface area contributed by atoms with E-state index >= 15 is 0 Å². The van der Waals surface area contributed by atoms with Crippen molar-refractivity contribution in [2.45, 2.75) is 18.9 Å². The number of amides is 4. The summed E-state index contributed by atoms with van der Waals surface area (Å²) in [4.78, 5) is 40.6. The minimum atomic E-state index is -1.50. The molecule has 0 bridgehead atoms. The number of hydrogen-bond acceptors (Lipinski definition) is 5. The van der Waals surface area contributed by atoms with Gasteiger partial charge in [0.1, 0.15) is 18.0 Å². The summed E-state index contributed by atoms with van der Waals surface area (Å²) < 4.78 is 10.5. The molecule has 0 aromatic heterocycles. The lowest BCUT2D eigenvalue weighted by Gasteiger charge is -2.28. The van der Waals surface area contributed by atoms with Crippen molar-refractivity contribution in [1.29, 1.82) is 0 Å². The van der Waals surface area contributed by atoms with Crippen molar-refractivity contribution < 1.29 is 23.9 Å². The number of carbonyl (C=O) groups excluding carboxylic acids is 3. The molecule has 0 radical (unpaired) electrons. The van der Waals surface area contributed by atoms with Crippen molar-refractivity contribution in [1.82, 2.24) is 10.2 Å². The second-order valence-corrected chi connectivity index (χ2v) is 8.13. The van der Waals surface area contributed by atoms with Gasteiger partial charge >= 0.3 is 6.03 Å². The largest absolute Gasteiger partial charge is 0.497 e. The third-order valence-electron chi connectivity index (χ3n) is 6.07. The maximum absolute atomic E-state index is 13.8. The third-order valence-corrected chi connectivity index (χ3v) is 6.07. The lowest BCUT2D eigenvalue weighted by atomic mass is 9.82. The Kier molecular flexibility index (Phi) is 6.73. The number of rotatable bonds is 8. The highest BCUT2D eigenvalue weighted by atomic mass is 16.5. The number of methoxy groups -OCH3 is 2. The molecule has 1 saturated heterocycles. The summed E-state index contributed by atoms with van der Waals surface area (Å²) in [6, 6.07) is 20.6. The molecule has 3 aromatic carbocycles. The van der Waals surface area contributed by atoms with Crippen molar-refractivity contribution in [3.05, 3.63) is 89.5 Å². The molecule has 0 spiro atoms. The zero-order valence-electron chi connectivity index (χ0n) is 19.8. The number of carbonyl (C=O) groups is 3. The Bertz CT molecular complexity index is 1190. The van der Waals surface area contributed by atoms with Crippen LogP contribution >= 0.6 is 0 Å². The highest BCUT2D eigenvalue weighted by molar-refractivity contribution is 6.12. The molecule has 0 saturated carbocycles. The van der Waals surface area contributed by atoms with Crippen molar-refractivity contribution in [3.8, 4) is 11.5 Å². The number of ether oxygens (including phenoxy) is 2. The normalized spacial score (nSPS) is 14.4. The summed E-state index contributed by atoms with van der Waals surface area (Å²) >= 11 is 0. The van der Waals surface area contributed by atoms with E-state index in [0.29, 0.717) is 28.3 Å². The van der Waals surface area contributed by atoms with Crippen LogP contribution in [0.2, 0.25) is 0 Å². The molecular weight excluding hydrogens is 446 g/mol. The molecule has 4 amide bonds. The molecule has 180 valence electrons. The molecule has 8 heteroatoms. The van der Waals surface area contributed by atoms with Gasteiger partial charge in [-0.15, -0.1) is 0 Å². The molecule has 3 aromatic rings. The van der Waals surface area contributed by atoms with Crippen LogP contribution in [0.4, 0.5) is 10.5 Å². The first kappa shape index (κ1) is 23.8. The highest BCUT2D eigenvalue weighted by Crippen LogP contribution is 2.37. The van der Waals surface area contributed by atoms with Crippen LogP contribution in [0.3, 0.4) is 0 Å². The molecule has 0 unspecified atom stereocenters. The fourth-order valence-corrected chi connectivity index (χ4v) is 4.17. The van der Waals surface area contributed by atoms with E-state index in [2.05, 4.69) is 10.6 Å². The molecule has 35 heavy (non-hydrogen) atoms. The zero-order chi connectivity index (χ0) is 25.0. The maximum atomic E-state index is 13.8. The zero-order valence-corrected chi connectivity index (χ0v) is 19.8. The van der Waals surface area contributed by atoms with Crippen molar-refractivity contribution in [2.75, 3.05) is 26.1 Å². The first-order valence-corrected chi connectivity index (χ1v) is 11.2. The van der Waals surface area contributed by atoms with Crippen LogP contribution in [0.15, 0.2) is 72.8 Å². The first-order chi connectivity index (χ1) is 16.9. The van der Waals surface area contributed by atoms with Crippen LogP contribution in [0, 0.1) is 0 Å². The van der Waals surface area contributed by atoms with E-state index in [4.69, 9.17) is 9.47 Å². The molecule has 0 aliphatic carbocycles. The second kappa shape index (κ2) is 9.89. The van der Waals surface area contributed by atoms with Crippen molar-refractivity contribution >= 4 is 23.5 Å². The van der Waals surface area contributed by atoms with Gasteiger partial charge in [-0.25, -0.2) is 4.79 Å². The van der Waals surface area contributed by atoms with Gasteiger partial charge in [-0.05, 0) is 59.5 Å². The number of hydrogen-bond donors (Lipinski definition) is 2. The summed E-state index contributed by atoms with van der Waals surface area (Å²) in [5.74, 6) is 0.208. The topological polar surface area (TPSA) is 97.0 Å². The smallest absolute Gasteiger partial charge is 0.326 e. The van der Waals surface area contributed by atoms with Gasteiger partial charge in [-0.2, -0.15) is 0 Å². The number of urea groups is 1. The quantitative estimate of drug-likeness (QED) is 0.487. The molecule has 8 nitrogen and oxygen atoms in total. The predicted molar refractivity (Wildman–Crippen MR) is 131 cm³/mol. The van der Waals surface area contributed by atoms with E-state index < -0.39 is 29.9 Å². The molecule has 1 aliphatic rings. The first-order valence-electron chi connectivity index (χ1n) is 11.2. The molecule has 0 atom stereocenters. The maximum Gasteiger partial charge on any atom is 0.326 e. The average Bonchev–Trinajstić information content (AvgIpc) is 3.14. The molecule has 4 rings (SSSR count). The predicted octanol–water partition coefficient (Wildman–Crippen LogP) is 3.70. The Morgan fingerprint density at radius 3 is 2.00 bits per heavy atom. The van der Waals surface area contributed by atoms with E-state index in [9.17, 15) is 14.4 Å². The SMILES string of the molecule is CCc1cccc(NC(=O)CN2C(=O)NC(c3ccc(OC)cc3)(c3ccc(OC)cc3)C2=O)c1. The minimum Gasteiger partial charge on any atom is -0.497 e. The molecule has 2 N–H and O–H groups in total. The molecule has 1 aliphatic heterocycles. The van der Waals surface area contributed by atoms with Crippen LogP contribution in [-0.4, -0.2) is 43.5 Å². The van der Waals surface area contributed by atoms with E-state index in [1.165, 1.54) is 0 Å². The molecule has 1 heterocycles. The Hall–Kier alpha value is -4.33. The van der Waals surface area contributed by atoms with Crippen LogP contribution in [0.1, 0.15) is 23.6 Å². The van der Waals surface area contributed by atoms with E-state index in [1.807, 2.05) is 25.1 Å². The summed E-state index contributed by atoms with van der Waals surface area (Å²) in [6.07, 6.45) is 0.822. The highest BCUT2D eigenvalue weighted by Gasteiger charge is 2.54. The van der Waals surface area contributed by atoms with E-state index in [1.54, 1.807) is 68.8 Å². The summed E-state index contributed by atoms with van der Waals surface area (Å²) in [7, 11) is 3.10. The lowest BCUT2D eigenvalue weighted by Crippen LogP contribution is -2.45. The van der Waals surface area contributed by atoms with Gasteiger partial charge in [-0.1, -0.05) is 43.3 Å².